The molecule has 5 heteroatoms. The largest absolute Gasteiger partial charge is 0.453 e. The molecule has 2 bridgehead atoms. The fourth-order valence-electron chi connectivity index (χ4n) is 2.86. The summed E-state index contributed by atoms with van der Waals surface area (Å²) >= 11 is 0. The zero-order chi connectivity index (χ0) is 11.2. The van der Waals surface area contributed by atoms with Crippen molar-refractivity contribution in [2.75, 3.05) is 26.9 Å². The first kappa shape index (κ1) is 10.1. The molecule has 88 valence electrons. The number of methoxy groups -OCH3 is 1. The van der Waals surface area contributed by atoms with Crippen molar-refractivity contribution in [1.29, 1.82) is 0 Å². The quantitative estimate of drug-likeness (QED) is 0.571. The molecule has 0 N–H and O–H groups in total. The van der Waals surface area contributed by atoms with E-state index in [0.29, 0.717) is 25.7 Å². The zero-order valence-electron chi connectivity index (χ0n) is 9.22. The average Bonchev–Trinajstić information content (AvgIpc) is 2.77. The number of carbonyl (C=O) groups is 1. The Morgan fingerprint density at radius 2 is 2.19 bits per heavy atom. The van der Waals surface area contributed by atoms with Gasteiger partial charge in [-0.25, -0.2) is 4.79 Å². The summed E-state index contributed by atoms with van der Waals surface area (Å²) in [5.41, 5.74) is 0. The SMILES string of the molecule is COC(=O)N1C[C@@H]2C=C[C@H]1C1(C2)OCCO1. The van der Waals surface area contributed by atoms with Gasteiger partial charge in [-0.15, -0.1) is 0 Å². The van der Waals surface area contributed by atoms with E-state index in [1.54, 1.807) is 4.90 Å². The number of ether oxygens (including phenoxy) is 3. The first-order chi connectivity index (χ1) is 7.75. The number of hydrogen-bond donors (Lipinski definition) is 0. The number of rotatable bonds is 0. The van der Waals surface area contributed by atoms with E-state index in [4.69, 9.17) is 14.2 Å². The van der Waals surface area contributed by atoms with E-state index in [9.17, 15) is 4.79 Å². The number of hydrogen-bond acceptors (Lipinski definition) is 4. The molecule has 4 aliphatic rings. The summed E-state index contributed by atoms with van der Waals surface area (Å²) in [6, 6.07) is -0.146. The molecule has 0 aromatic heterocycles. The zero-order valence-corrected chi connectivity index (χ0v) is 9.22. The molecule has 3 heterocycles. The Kier molecular flexibility index (Phi) is 2.19. The van der Waals surface area contributed by atoms with Crippen molar-refractivity contribution in [2.24, 2.45) is 5.92 Å². The van der Waals surface area contributed by atoms with Crippen molar-refractivity contribution in [2.45, 2.75) is 18.2 Å². The van der Waals surface area contributed by atoms with Gasteiger partial charge < -0.3 is 14.2 Å². The minimum atomic E-state index is -0.619. The molecule has 0 aromatic carbocycles. The van der Waals surface area contributed by atoms with Crippen LogP contribution in [0.4, 0.5) is 4.79 Å². The van der Waals surface area contributed by atoms with Crippen LogP contribution in [0.15, 0.2) is 12.2 Å². The summed E-state index contributed by atoms with van der Waals surface area (Å²) < 4.78 is 16.2. The highest BCUT2D eigenvalue weighted by Gasteiger charge is 2.54. The Labute approximate surface area is 93.9 Å². The number of amides is 1. The van der Waals surface area contributed by atoms with Crippen LogP contribution in [0.5, 0.6) is 0 Å². The van der Waals surface area contributed by atoms with Gasteiger partial charge >= 0.3 is 6.09 Å². The van der Waals surface area contributed by atoms with Crippen LogP contribution in [0.2, 0.25) is 0 Å². The molecule has 2 atom stereocenters. The molecular weight excluding hydrogens is 210 g/mol. The lowest BCUT2D eigenvalue weighted by molar-refractivity contribution is -0.217. The lowest BCUT2D eigenvalue weighted by atomic mass is 9.81. The van der Waals surface area contributed by atoms with Crippen molar-refractivity contribution in [3.05, 3.63) is 12.2 Å². The van der Waals surface area contributed by atoms with E-state index in [1.165, 1.54) is 7.11 Å². The maximum atomic E-state index is 11.7. The van der Waals surface area contributed by atoms with E-state index in [-0.39, 0.29) is 12.1 Å². The molecule has 16 heavy (non-hydrogen) atoms. The molecule has 0 radical (unpaired) electrons. The fourth-order valence-corrected chi connectivity index (χ4v) is 2.86. The van der Waals surface area contributed by atoms with Gasteiger partial charge in [-0.2, -0.15) is 0 Å². The molecule has 1 aliphatic carbocycles. The number of fused-ring (bicyclic) bond motifs is 1. The molecule has 1 spiro atoms. The van der Waals surface area contributed by atoms with Crippen LogP contribution in [-0.2, 0) is 14.2 Å². The molecule has 3 aliphatic heterocycles. The van der Waals surface area contributed by atoms with Crippen LogP contribution in [-0.4, -0.2) is 49.7 Å². The summed E-state index contributed by atoms with van der Waals surface area (Å²) in [7, 11) is 1.40. The Hall–Kier alpha value is -1.07. The normalized spacial score (nSPS) is 34.7. The van der Waals surface area contributed by atoms with Gasteiger partial charge in [-0.3, -0.25) is 4.90 Å². The molecule has 0 unspecified atom stereocenters. The highest BCUT2D eigenvalue weighted by molar-refractivity contribution is 5.69. The van der Waals surface area contributed by atoms with E-state index in [1.807, 2.05) is 6.08 Å². The topological polar surface area (TPSA) is 48.0 Å². The lowest BCUT2D eigenvalue weighted by Gasteiger charge is -2.49. The first-order valence-electron chi connectivity index (χ1n) is 5.56. The third-order valence-electron chi connectivity index (χ3n) is 3.52. The summed E-state index contributed by atoms with van der Waals surface area (Å²) in [6.45, 7) is 1.90. The molecule has 1 amide bonds. The lowest BCUT2D eigenvalue weighted by Crippen LogP contribution is -2.62. The Bertz CT molecular complexity index is 335. The second-order valence-corrected chi connectivity index (χ2v) is 4.43. The van der Waals surface area contributed by atoms with Crippen LogP contribution in [0.25, 0.3) is 0 Å². The van der Waals surface area contributed by atoms with E-state index in [2.05, 4.69) is 6.08 Å². The number of nitrogens with zero attached hydrogens (tertiary/aromatic N) is 1. The smallest absolute Gasteiger partial charge is 0.410 e. The standard InChI is InChI=1S/C11H15NO4/c1-14-10(13)12-7-8-2-3-9(12)11(6-8)15-4-5-16-11/h2-3,8-9H,4-7H2,1H3/t8-,9+/m1/s1. The fraction of sp³-hybridized carbons (Fsp3) is 0.727. The second kappa shape index (κ2) is 3.46. The van der Waals surface area contributed by atoms with Gasteiger partial charge in [-0.1, -0.05) is 12.2 Å². The van der Waals surface area contributed by atoms with E-state index >= 15 is 0 Å². The predicted octanol–water partition coefficient (Wildman–Crippen LogP) is 0.756. The van der Waals surface area contributed by atoms with Gasteiger partial charge in [-0.05, 0) is 5.92 Å². The van der Waals surface area contributed by atoms with Crippen LogP contribution < -0.4 is 0 Å². The van der Waals surface area contributed by atoms with Gasteiger partial charge in [0.25, 0.3) is 0 Å². The highest BCUT2D eigenvalue weighted by atomic mass is 16.7. The molecule has 2 fully saturated rings. The van der Waals surface area contributed by atoms with Gasteiger partial charge in [0, 0.05) is 13.0 Å². The van der Waals surface area contributed by atoms with Crippen molar-refractivity contribution in [3.63, 3.8) is 0 Å². The van der Waals surface area contributed by atoms with Crippen LogP contribution in [0, 0.1) is 5.92 Å². The number of piperidine rings is 1. The molecule has 2 saturated heterocycles. The molecule has 4 rings (SSSR count). The summed E-state index contributed by atoms with van der Waals surface area (Å²) in [5, 5.41) is 0. The summed E-state index contributed by atoms with van der Waals surface area (Å²) in [4.78, 5) is 13.3. The van der Waals surface area contributed by atoms with Gasteiger partial charge in [0.15, 0.2) is 5.79 Å². The van der Waals surface area contributed by atoms with Crippen LogP contribution >= 0.6 is 0 Å². The molecule has 5 nitrogen and oxygen atoms in total. The van der Waals surface area contributed by atoms with Gasteiger partial charge in [0.2, 0.25) is 0 Å². The maximum absolute atomic E-state index is 11.7. The minimum Gasteiger partial charge on any atom is -0.453 e. The Balaban J connectivity index is 1.90. The van der Waals surface area contributed by atoms with Crippen molar-refractivity contribution in [1.82, 2.24) is 4.90 Å². The van der Waals surface area contributed by atoms with Crippen molar-refractivity contribution >= 4 is 6.09 Å². The summed E-state index contributed by atoms with van der Waals surface area (Å²) in [5.74, 6) is -0.312. The van der Waals surface area contributed by atoms with Gasteiger partial charge in [0.05, 0.1) is 20.3 Å². The number of carbonyl (C=O) groups excluding carboxylic acids is 1. The van der Waals surface area contributed by atoms with E-state index in [0.717, 1.165) is 6.42 Å². The Morgan fingerprint density at radius 1 is 1.44 bits per heavy atom. The Morgan fingerprint density at radius 3 is 2.81 bits per heavy atom. The second-order valence-electron chi connectivity index (χ2n) is 4.43. The third-order valence-corrected chi connectivity index (χ3v) is 3.52. The third kappa shape index (κ3) is 1.28. The maximum Gasteiger partial charge on any atom is 0.410 e. The monoisotopic (exact) mass is 225 g/mol. The van der Waals surface area contributed by atoms with E-state index < -0.39 is 5.79 Å². The van der Waals surface area contributed by atoms with Crippen LogP contribution in [0.3, 0.4) is 0 Å². The van der Waals surface area contributed by atoms with Crippen molar-refractivity contribution in [3.8, 4) is 0 Å². The summed E-state index contributed by atoms with van der Waals surface area (Å²) in [6.07, 6.45) is 4.67. The predicted molar refractivity (Wildman–Crippen MR) is 54.8 cm³/mol. The molecular formula is C11H15NO4. The van der Waals surface area contributed by atoms with Crippen LogP contribution in [0.1, 0.15) is 6.42 Å². The molecule has 0 aromatic rings. The first-order valence-corrected chi connectivity index (χ1v) is 5.56. The van der Waals surface area contributed by atoms with Crippen molar-refractivity contribution < 1.29 is 19.0 Å². The molecule has 0 saturated carbocycles. The highest BCUT2D eigenvalue weighted by Crippen LogP contribution is 2.42. The van der Waals surface area contributed by atoms with Gasteiger partial charge in [0.1, 0.15) is 6.04 Å². The average molecular weight is 225 g/mol. The minimum absolute atomic E-state index is 0.146.